The van der Waals surface area contributed by atoms with E-state index >= 15 is 0 Å². The molecule has 1 saturated carbocycles. The van der Waals surface area contributed by atoms with Crippen molar-refractivity contribution < 1.29 is 0 Å². The minimum Gasteiger partial charge on any atom is -0.368 e. The minimum atomic E-state index is 0.723. The Kier molecular flexibility index (Phi) is 3.79. The van der Waals surface area contributed by atoms with Gasteiger partial charge in [-0.1, -0.05) is 12.8 Å². The highest BCUT2D eigenvalue weighted by atomic mass is 79.9. The topological polar surface area (TPSA) is 27.0 Å². The van der Waals surface area contributed by atoms with Crippen LogP contribution in [0.4, 0.5) is 5.69 Å². The summed E-state index contributed by atoms with van der Waals surface area (Å²) in [6.45, 7) is 1.17. The average Bonchev–Trinajstić information content (AvgIpc) is 2.46. The predicted molar refractivity (Wildman–Crippen MR) is 81.2 cm³/mol. The molecule has 1 aromatic rings. The molecule has 2 aliphatic rings. The number of hydrogen-bond donors (Lipinski definition) is 0. The first-order chi connectivity index (χ1) is 9.29. The fraction of sp³-hybridized carbons (Fsp3) is 0.562. The summed E-state index contributed by atoms with van der Waals surface area (Å²) >= 11 is 3.51. The van der Waals surface area contributed by atoms with Crippen LogP contribution in [0.15, 0.2) is 22.7 Å². The van der Waals surface area contributed by atoms with Crippen LogP contribution in [-0.4, -0.2) is 12.6 Å². The van der Waals surface area contributed by atoms with Crippen molar-refractivity contribution in [1.82, 2.24) is 0 Å². The summed E-state index contributed by atoms with van der Waals surface area (Å²) in [5.74, 6) is 0.886. The molecule has 1 aliphatic carbocycles. The molecule has 2 fully saturated rings. The molecule has 3 heteroatoms. The highest BCUT2D eigenvalue weighted by Crippen LogP contribution is 2.38. The van der Waals surface area contributed by atoms with Crippen molar-refractivity contribution in [3.63, 3.8) is 0 Å². The summed E-state index contributed by atoms with van der Waals surface area (Å²) in [6.07, 6.45) is 8.22. The van der Waals surface area contributed by atoms with Gasteiger partial charge in [-0.25, -0.2) is 0 Å². The molecular formula is C16H19BrN2. The molecule has 2 atom stereocenters. The van der Waals surface area contributed by atoms with E-state index in [2.05, 4.69) is 39.0 Å². The van der Waals surface area contributed by atoms with Crippen LogP contribution in [0.1, 0.15) is 44.1 Å². The number of fused-ring (bicyclic) bond motifs is 1. The van der Waals surface area contributed by atoms with Gasteiger partial charge >= 0.3 is 0 Å². The Morgan fingerprint density at radius 2 is 1.95 bits per heavy atom. The molecule has 1 saturated heterocycles. The van der Waals surface area contributed by atoms with Crippen LogP contribution >= 0.6 is 15.9 Å². The monoisotopic (exact) mass is 318 g/mol. The van der Waals surface area contributed by atoms with Crippen LogP contribution in [0, 0.1) is 17.2 Å². The maximum absolute atomic E-state index is 9.01. The molecule has 0 bridgehead atoms. The van der Waals surface area contributed by atoms with Crippen LogP contribution in [0.3, 0.4) is 0 Å². The van der Waals surface area contributed by atoms with E-state index in [0.29, 0.717) is 0 Å². The van der Waals surface area contributed by atoms with Crippen LogP contribution in [0.25, 0.3) is 0 Å². The van der Waals surface area contributed by atoms with E-state index in [4.69, 9.17) is 5.26 Å². The summed E-state index contributed by atoms with van der Waals surface area (Å²) in [4.78, 5) is 2.58. The normalized spacial score (nSPS) is 26.6. The first-order valence-corrected chi connectivity index (χ1v) is 8.05. The summed E-state index contributed by atoms with van der Waals surface area (Å²) < 4.78 is 0.922. The Bertz CT molecular complexity index is 504. The van der Waals surface area contributed by atoms with Gasteiger partial charge in [-0.15, -0.1) is 0 Å². The molecule has 1 heterocycles. The fourth-order valence-electron chi connectivity index (χ4n) is 3.72. The van der Waals surface area contributed by atoms with Gasteiger partial charge in [0.15, 0.2) is 0 Å². The molecule has 0 N–H and O–H groups in total. The van der Waals surface area contributed by atoms with Gasteiger partial charge in [-0.05, 0) is 65.7 Å². The quantitative estimate of drug-likeness (QED) is 0.763. The second-order valence-corrected chi connectivity index (χ2v) is 6.58. The fourth-order valence-corrected chi connectivity index (χ4v) is 4.17. The molecule has 1 aromatic carbocycles. The van der Waals surface area contributed by atoms with E-state index in [9.17, 15) is 0 Å². The Morgan fingerprint density at radius 1 is 1.16 bits per heavy atom. The Balaban J connectivity index is 1.88. The van der Waals surface area contributed by atoms with Gasteiger partial charge in [-0.3, -0.25) is 0 Å². The SMILES string of the molecule is N#Cc1ccc(N2CCC[C@H]3CCCC[C@H]32)cc1Br. The van der Waals surface area contributed by atoms with E-state index in [1.165, 1.54) is 50.8 Å². The standard InChI is InChI=1S/C16H19BrN2/c17-15-10-14(8-7-13(15)11-18)19-9-3-5-12-4-1-2-6-16(12)19/h7-8,10,12,16H,1-6,9H2/t12-,16-/m1/s1. The molecular weight excluding hydrogens is 300 g/mol. The third-order valence-corrected chi connectivity index (χ3v) is 5.30. The molecule has 0 spiro atoms. The Hall–Kier alpha value is -1.01. The Morgan fingerprint density at radius 3 is 2.74 bits per heavy atom. The van der Waals surface area contributed by atoms with Crippen molar-refractivity contribution in [2.24, 2.45) is 5.92 Å². The van der Waals surface area contributed by atoms with Crippen molar-refractivity contribution in [1.29, 1.82) is 5.26 Å². The van der Waals surface area contributed by atoms with Crippen LogP contribution < -0.4 is 4.90 Å². The number of halogens is 1. The van der Waals surface area contributed by atoms with E-state index in [0.717, 1.165) is 22.0 Å². The molecule has 0 amide bonds. The second kappa shape index (κ2) is 5.54. The number of anilines is 1. The lowest BCUT2D eigenvalue weighted by Gasteiger charge is -2.45. The van der Waals surface area contributed by atoms with Gasteiger partial charge in [0.05, 0.1) is 5.56 Å². The zero-order chi connectivity index (χ0) is 13.2. The zero-order valence-electron chi connectivity index (χ0n) is 11.1. The van der Waals surface area contributed by atoms with Gasteiger partial charge < -0.3 is 4.90 Å². The summed E-state index contributed by atoms with van der Waals surface area (Å²) in [5.41, 5.74) is 2.00. The van der Waals surface area contributed by atoms with Gasteiger partial charge in [0.1, 0.15) is 6.07 Å². The molecule has 19 heavy (non-hydrogen) atoms. The molecule has 1 aliphatic heterocycles. The maximum Gasteiger partial charge on any atom is 0.100 e. The first-order valence-electron chi connectivity index (χ1n) is 7.26. The van der Waals surface area contributed by atoms with Crippen LogP contribution in [-0.2, 0) is 0 Å². The lowest BCUT2D eigenvalue weighted by atomic mass is 9.78. The van der Waals surface area contributed by atoms with E-state index in [-0.39, 0.29) is 0 Å². The van der Waals surface area contributed by atoms with Gasteiger partial charge in [-0.2, -0.15) is 5.26 Å². The molecule has 100 valence electrons. The van der Waals surface area contributed by atoms with Gasteiger partial charge in [0.25, 0.3) is 0 Å². The van der Waals surface area contributed by atoms with Gasteiger partial charge in [0.2, 0.25) is 0 Å². The third kappa shape index (κ3) is 2.51. The van der Waals surface area contributed by atoms with Crippen LogP contribution in [0.2, 0.25) is 0 Å². The van der Waals surface area contributed by atoms with Crippen molar-refractivity contribution in [3.8, 4) is 6.07 Å². The largest absolute Gasteiger partial charge is 0.368 e. The number of benzene rings is 1. The number of hydrogen-bond acceptors (Lipinski definition) is 2. The summed E-state index contributed by atoms with van der Waals surface area (Å²) in [5, 5.41) is 9.01. The second-order valence-electron chi connectivity index (χ2n) is 5.72. The number of nitriles is 1. The van der Waals surface area contributed by atoms with Gasteiger partial charge in [0, 0.05) is 22.7 Å². The molecule has 0 aromatic heterocycles. The number of nitrogens with zero attached hydrogens (tertiary/aromatic N) is 2. The van der Waals surface area contributed by atoms with E-state index in [1.54, 1.807) is 0 Å². The highest BCUT2D eigenvalue weighted by Gasteiger charge is 2.33. The predicted octanol–water partition coefficient (Wildman–Crippen LogP) is 4.48. The molecule has 2 nitrogen and oxygen atoms in total. The zero-order valence-corrected chi connectivity index (χ0v) is 12.7. The van der Waals surface area contributed by atoms with Crippen LogP contribution in [0.5, 0.6) is 0 Å². The third-order valence-electron chi connectivity index (χ3n) is 4.65. The molecule has 3 rings (SSSR count). The summed E-state index contributed by atoms with van der Waals surface area (Å²) in [6, 6.07) is 9.11. The van der Waals surface area contributed by atoms with Crippen molar-refractivity contribution >= 4 is 21.6 Å². The van der Waals surface area contributed by atoms with E-state index in [1.807, 2.05) is 6.07 Å². The van der Waals surface area contributed by atoms with Crippen molar-refractivity contribution in [2.75, 3.05) is 11.4 Å². The van der Waals surface area contributed by atoms with Crippen molar-refractivity contribution in [2.45, 2.75) is 44.6 Å². The average molecular weight is 319 g/mol. The maximum atomic E-state index is 9.01. The minimum absolute atomic E-state index is 0.723. The lowest BCUT2D eigenvalue weighted by molar-refractivity contribution is 0.244. The Labute approximate surface area is 123 Å². The first kappa shape index (κ1) is 13.0. The molecule has 0 radical (unpaired) electrons. The van der Waals surface area contributed by atoms with Crippen molar-refractivity contribution in [3.05, 3.63) is 28.2 Å². The number of rotatable bonds is 1. The number of piperidine rings is 1. The lowest BCUT2D eigenvalue weighted by Crippen LogP contribution is -2.46. The van der Waals surface area contributed by atoms with E-state index < -0.39 is 0 Å². The summed E-state index contributed by atoms with van der Waals surface area (Å²) in [7, 11) is 0. The highest BCUT2D eigenvalue weighted by molar-refractivity contribution is 9.10. The smallest absolute Gasteiger partial charge is 0.100 e. The molecule has 0 unspecified atom stereocenters.